The molecule has 9 nitrogen and oxygen atoms in total. The third-order valence-corrected chi connectivity index (χ3v) is 5.58. The fourth-order valence-electron chi connectivity index (χ4n) is 2.75. The third kappa shape index (κ3) is 4.65. The van der Waals surface area contributed by atoms with Gasteiger partial charge >= 0.3 is 0 Å². The molecule has 1 fully saturated rings. The lowest BCUT2D eigenvalue weighted by Gasteiger charge is -2.26. The Hall–Kier alpha value is -2.43. The lowest BCUT2D eigenvalue weighted by atomic mass is 10.1. The number of aromatic nitrogens is 1. The van der Waals surface area contributed by atoms with Gasteiger partial charge in [-0.2, -0.15) is 0 Å². The van der Waals surface area contributed by atoms with Gasteiger partial charge in [-0.15, -0.1) is 0 Å². The minimum atomic E-state index is -3.41. The molecule has 1 amide bonds. The molecule has 146 valence electrons. The molecule has 2 N–H and O–H groups in total. The quantitative estimate of drug-likeness (QED) is 0.701. The predicted molar refractivity (Wildman–Crippen MR) is 100 cm³/mol. The van der Waals surface area contributed by atoms with Crippen molar-refractivity contribution in [2.24, 2.45) is 0 Å². The summed E-state index contributed by atoms with van der Waals surface area (Å²) in [6.07, 6.45) is 0. The Kier molecular flexibility index (Phi) is 6.09. The van der Waals surface area contributed by atoms with Crippen LogP contribution in [0.1, 0.15) is 10.4 Å². The first kappa shape index (κ1) is 19.3. The van der Waals surface area contributed by atoms with Crippen molar-refractivity contribution >= 4 is 21.7 Å². The zero-order valence-corrected chi connectivity index (χ0v) is 15.8. The number of carbonyl (C=O) groups is 1. The maximum Gasteiger partial charge on any atom is 0.259 e. The Morgan fingerprint density at radius 2 is 1.93 bits per heavy atom. The summed E-state index contributed by atoms with van der Waals surface area (Å²) < 4.78 is 36.2. The third-order valence-electron chi connectivity index (χ3n) is 4.22. The van der Waals surface area contributed by atoms with Crippen LogP contribution in [0.2, 0.25) is 0 Å². The van der Waals surface area contributed by atoms with E-state index in [1.807, 2.05) is 35.2 Å². The maximum atomic E-state index is 12.9. The SMILES string of the molecule is CNS(=O)(=O)CCNC(=O)c1c(N2CCOCC2)noc1-c1ccccc1. The highest BCUT2D eigenvalue weighted by atomic mass is 32.2. The van der Waals surface area contributed by atoms with Crippen molar-refractivity contribution in [2.75, 3.05) is 50.5 Å². The monoisotopic (exact) mass is 394 g/mol. The van der Waals surface area contributed by atoms with Gasteiger partial charge in [0.25, 0.3) is 5.91 Å². The van der Waals surface area contributed by atoms with Crippen LogP contribution in [0.25, 0.3) is 11.3 Å². The normalized spacial score (nSPS) is 14.9. The van der Waals surface area contributed by atoms with Crippen molar-refractivity contribution in [3.63, 3.8) is 0 Å². The molecule has 10 heteroatoms. The van der Waals surface area contributed by atoms with Crippen molar-refractivity contribution in [2.45, 2.75) is 0 Å². The van der Waals surface area contributed by atoms with Crippen LogP contribution in [0.5, 0.6) is 0 Å². The first-order chi connectivity index (χ1) is 13.0. The summed E-state index contributed by atoms with van der Waals surface area (Å²) in [6, 6.07) is 9.20. The van der Waals surface area contributed by atoms with Gasteiger partial charge in [0.2, 0.25) is 10.0 Å². The van der Waals surface area contributed by atoms with Gasteiger partial charge in [-0.05, 0) is 7.05 Å². The molecule has 0 saturated carbocycles. The lowest BCUT2D eigenvalue weighted by Crippen LogP contribution is -2.38. The smallest absolute Gasteiger partial charge is 0.259 e. The van der Waals surface area contributed by atoms with Gasteiger partial charge in [0, 0.05) is 25.2 Å². The number of sulfonamides is 1. The van der Waals surface area contributed by atoms with Gasteiger partial charge in [-0.25, -0.2) is 13.1 Å². The van der Waals surface area contributed by atoms with Crippen molar-refractivity contribution < 1.29 is 22.5 Å². The highest BCUT2D eigenvalue weighted by Crippen LogP contribution is 2.31. The molecular weight excluding hydrogens is 372 g/mol. The summed E-state index contributed by atoms with van der Waals surface area (Å²) in [5.41, 5.74) is 1.02. The van der Waals surface area contributed by atoms with E-state index in [-0.39, 0.29) is 12.3 Å². The second kappa shape index (κ2) is 8.51. The van der Waals surface area contributed by atoms with Crippen LogP contribution < -0.4 is 14.9 Å². The summed E-state index contributed by atoms with van der Waals surface area (Å²) in [5.74, 6) is 0.147. The Labute approximate surface area is 157 Å². The molecule has 1 aromatic heterocycles. The Bertz CT molecular complexity index is 876. The van der Waals surface area contributed by atoms with E-state index in [2.05, 4.69) is 15.2 Å². The van der Waals surface area contributed by atoms with Crippen LogP contribution >= 0.6 is 0 Å². The molecule has 1 aromatic carbocycles. The molecule has 0 aliphatic carbocycles. The molecule has 1 aliphatic rings. The first-order valence-electron chi connectivity index (χ1n) is 8.59. The average Bonchev–Trinajstić information content (AvgIpc) is 3.14. The van der Waals surface area contributed by atoms with Crippen LogP contribution in [0.4, 0.5) is 5.82 Å². The number of benzene rings is 1. The molecule has 2 aromatic rings. The molecule has 1 saturated heterocycles. The summed E-state index contributed by atoms with van der Waals surface area (Å²) in [6.45, 7) is 2.23. The van der Waals surface area contributed by atoms with Crippen LogP contribution in [0, 0.1) is 0 Å². The fourth-order valence-corrected chi connectivity index (χ4v) is 3.33. The van der Waals surface area contributed by atoms with E-state index in [0.717, 1.165) is 5.56 Å². The highest BCUT2D eigenvalue weighted by molar-refractivity contribution is 7.89. The van der Waals surface area contributed by atoms with E-state index >= 15 is 0 Å². The van der Waals surface area contributed by atoms with Gasteiger partial charge in [0.05, 0.1) is 19.0 Å². The molecule has 3 rings (SSSR count). The van der Waals surface area contributed by atoms with Gasteiger partial charge in [-0.1, -0.05) is 35.5 Å². The summed E-state index contributed by atoms with van der Waals surface area (Å²) in [5, 5.41) is 6.76. The minimum absolute atomic E-state index is 0.0238. The van der Waals surface area contributed by atoms with E-state index in [1.54, 1.807) is 0 Å². The Morgan fingerprint density at radius 3 is 2.59 bits per heavy atom. The van der Waals surface area contributed by atoms with Gasteiger partial charge in [0.15, 0.2) is 11.6 Å². The van der Waals surface area contributed by atoms with Gasteiger partial charge < -0.3 is 19.5 Å². The number of ether oxygens (including phenoxy) is 1. The Balaban J connectivity index is 1.87. The van der Waals surface area contributed by atoms with E-state index in [0.29, 0.717) is 43.4 Å². The number of nitrogens with zero attached hydrogens (tertiary/aromatic N) is 2. The number of nitrogens with one attached hydrogen (secondary N) is 2. The molecule has 0 atom stereocenters. The summed E-state index contributed by atoms with van der Waals surface area (Å²) in [7, 11) is -2.07. The van der Waals surface area contributed by atoms with Crippen molar-refractivity contribution in [3.05, 3.63) is 35.9 Å². The van der Waals surface area contributed by atoms with Crippen LogP contribution in [0.3, 0.4) is 0 Å². The fraction of sp³-hybridized carbons (Fsp3) is 0.412. The summed E-state index contributed by atoms with van der Waals surface area (Å²) >= 11 is 0. The zero-order valence-electron chi connectivity index (χ0n) is 15.0. The number of hydrogen-bond acceptors (Lipinski definition) is 7. The number of hydrogen-bond donors (Lipinski definition) is 2. The summed E-state index contributed by atoms with van der Waals surface area (Å²) in [4.78, 5) is 14.8. The number of amides is 1. The molecule has 27 heavy (non-hydrogen) atoms. The maximum absolute atomic E-state index is 12.9. The van der Waals surface area contributed by atoms with E-state index < -0.39 is 15.9 Å². The van der Waals surface area contributed by atoms with Crippen LogP contribution in [0.15, 0.2) is 34.9 Å². The molecule has 1 aliphatic heterocycles. The molecule has 0 bridgehead atoms. The number of carbonyl (C=O) groups excluding carboxylic acids is 1. The largest absolute Gasteiger partial charge is 0.378 e. The van der Waals surface area contributed by atoms with Crippen molar-refractivity contribution in [3.8, 4) is 11.3 Å². The van der Waals surface area contributed by atoms with E-state index in [9.17, 15) is 13.2 Å². The second-order valence-electron chi connectivity index (χ2n) is 5.95. The second-order valence-corrected chi connectivity index (χ2v) is 8.00. The van der Waals surface area contributed by atoms with Gasteiger partial charge in [0.1, 0.15) is 5.56 Å². The van der Waals surface area contributed by atoms with Gasteiger partial charge in [-0.3, -0.25) is 4.79 Å². The van der Waals surface area contributed by atoms with Crippen LogP contribution in [-0.4, -0.2) is 65.1 Å². The molecule has 0 radical (unpaired) electrons. The molecule has 0 unspecified atom stereocenters. The first-order valence-corrected chi connectivity index (χ1v) is 10.2. The minimum Gasteiger partial charge on any atom is -0.378 e. The molecular formula is C17H22N4O5S. The van der Waals surface area contributed by atoms with E-state index in [1.165, 1.54) is 7.05 Å². The molecule has 2 heterocycles. The number of rotatable bonds is 7. The van der Waals surface area contributed by atoms with E-state index in [4.69, 9.17) is 9.26 Å². The lowest BCUT2D eigenvalue weighted by molar-refractivity contribution is 0.0955. The number of anilines is 1. The standard InChI is InChI=1S/C17H22N4O5S/c1-18-27(23,24)12-7-19-17(22)14-15(13-5-3-2-4-6-13)26-20-16(14)21-8-10-25-11-9-21/h2-6,18H,7-12H2,1H3,(H,19,22). The highest BCUT2D eigenvalue weighted by Gasteiger charge is 2.28. The average molecular weight is 394 g/mol. The topological polar surface area (TPSA) is 114 Å². The number of morpholine rings is 1. The Morgan fingerprint density at radius 1 is 1.22 bits per heavy atom. The zero-order chi connectivity index (χ0) is 19.3. The predicted octanol–water partition coefficient (Wildman–Crippen LogP) is 0.457. The van der Waals surface area contributed by atoms with Crippen LogP contribution in [-0.2, 0) is 14.8 Å². The van der Waals surface area contributed by atoms with Crippen molar-refractivity contribution in [1.82, 2.24) is 15.2 Å². The molecule has 0 spiro atoms. The van der Waals surface area contributed by atoms with Crippen molar-refractivity contribution in [1.29, 1.82) is 0 Å².